The molecule has 3 aromatic rings. The highest BCUT2D eigenvalue weighted by molar-refractivity contribution is 8.18. The highest BCUT2D eigenvalue weighted by Gasteiger charge is 2.37. The molecule has 3 aromatic carbocycles. The Morgan fingerprint density at radius 2 is 1.73 bits per heavy atom. The largest absolute Gasteiger partial charge is 0.495 e. The number of rotatable bonds is 9. The molecule has 1 heterocycles. The molecule has 0 atom stereocenters. The van der Waals surface area contributed by atoms with Crippen molar-refractivity contribution in [3.8, 4) is 17.2 Å². The van der Waals surface area contributed by atoms with Crippen molar-refractivity contribution < 1.29 is 41.8 Å². The zero-order valence-electron chi connectivity index (χ0n) is 21.6. The van der Waals surface area contributed by atoms with Crippen molar-refractivity contribution in [2.24, 2.45) is 0 Å². The van der Waals surface area contributed by atoms with E-state index in [1.165, 1.54) is 26.4 Å². The normalized spacial score (nSPS) is 14.4. The van der Waals surface area contributed by atoms with E-state index in [1.807, 2.05) is 30.3 Å². The second-order valence-corrected chi connectivity index (χ2v) is 9.94. The fourth-order valence-corrected chi connectivity index (χ4v) is 4.91. The van der Waals surface area contributed by atoms with Gasteiger partial charge >= 0.3 is 6.18 Å². The number of thioether (sulfide) groups is 1. The topological polar surface area (TPSA) is 94.2 Å². The maximum Gasteiger partial charge on any atom is 0.416 e. The van der Waals surface area contributed by atoms with Gasteiger partial charge in [0.15, 0.2) is 11.5 Å². The third kappa shape index (κ3) is 7.14. The standard InChI is InChI=1S/C28H22ClF3N2O6S/c1-38-21-9-8-18(28(30,31)32)13-20(21)33-24(35)14-34-26(36)23(41-27(34)37)12-17-10-19(29)25(22(11-17)39-2)40-15-16-6-4-3-5-7-16/h3-13H,14-15H2,1-2H3,(H,33,35)/b23-12-. The summed E-state index contributed by atoms with van der Waals surface area (Å²) in [4.78, 5) is 38.8. The number of nitrogens with zero attached hydrogens (tertiary/aromatic N) is 1. The third-order valence-electron chi connectivity index (χ3n) is 5.75. The summed E-state index contributed by atoms with van der Waals surface area (Å²) >= 11 is 7.03. The minimum Gasteiger partial charge on any atom is -0.495 e. The predicted molar refractivity (Wildman–Crippen MR) is 148 cm³/mol. The Kier molecular flexibility index (Phi) is 9.14. The van der Waals surface area contributed by atoms with Crippen LogP contribution in [0.5, 0.6) is 17.2 Å². The quantitative estimate of drug-likeness (QED) is 0.273. The molecule has 0 radical (unpaired) electrons. The molecule has 1 fully saturated rings. The van der Waals surface area contributed by atoms with Gasteiger partial charge in [-0.25, -0.2) is 0 Å². The van der Waals surface area contributed by atoms with Crippen LogP contribution < -0.4 is 19.5 Å². The highest BCUT2D eigenvalue weighted by atomic mass is 35.5. The minimum atomic E-state index is -4.65. The van der Waals surface area contributed by atoms with E-state index >= 15 is 0 Å². The van der Waals surface area contributed by atoms with Gasteiger partial charge < -0.3 is 19.5 Å². The molecule has 1 saturated heterocycles. The maximum atomic E-state index is 13.1. The second-order valence-electron chi connectivity index (χ2n) is 8.54. The van der Waals surface area contributed by atoms with Crippen molar-refractivity contribution in [1.82, 2.24) is 4.90 Å². The Balaban J connectivity index is 1.48. The number of benzene rings is 3. The van der Waals surface area contributed by atoms with E-state index in [-0.39, 0.29) is 28.0 Å². The summed E-state index contributed by atoms with van der Waals surface area (Å²) < 4.78 is 55.6. The molecule has 0 aliphatic carbocycles. The number of ether oxygens (including phenoxy) is 3. The average molecular weight is 607 g/mol. The number of carbonyl (C=O) groups excluding carboxylic acids is 3. The molecule has 0 saturated carbocycles. The first-order valence-electron chi connectivity index (χ1n) is 11.8. The van der Waals surface area contributed by atoms with E-state index in [0.717, 1.165) is 17.7 Å². The number of carbonyl (C=O) groups is 3. The van der Waals surface area contributed by atoms with Crippen molar-refractivity contribution in [3.05, 3.63) is 87.3 Å². The molecule has 3 amide bonds. The van der Waals surface area contributed by atoms with Gasteiger partial charge in [0.2, 0.25) is 5.91 Å². The van der Waals surface area contributed by atoms with E-state index in [1.54, 1.807) is 6.07 Å². The number of halogens is 4. The zero-order chi connectivity index (χ0) is 29.7. The molecule has 1 aliphatic heterocycles. The number of alkyl halides is 3. The number of methoxy groups -OCH3 is 2. The molecule has 0 spiro atoms. The van der Waals surface area contributed by atoms with Crippen LogP contribution in [0.15, 0.2) is 65.6 Å². The fourth-order valence-electron chi connectivity index (χ4n) is 3.80. The Labute approximate surface area is 242 Å². The molecule has 13 heteroatoms. The van der Waals surface area contributed by atoms with Crippen LogP contribution in [0.4, 0.5) is 23.7 Å². The van der Waals surface area contributed by atoms with Gasteiger partial charge in [-0.3, -0.25) is 19.3 Å². The lowest BCUT2D eigenvalue weighted by atomic mass is 10.1. The molecule has 0 unspecified atom stereocenters. The molecule has 214 valence electrons. The first kappa shape index (κ1) is 29.8. The van der Waals surface area contributed by atoms with E-state index in [0.29, 0.717) is 39.8 Å². The molecule has 0 aromatic heterocycles. The van der Waals surface area contributed by atoms with Crippen LogP contribution in [-0.4, -0.2) is 42.7 Å². The fraction of sp³-hybridized carbons (Fsp3) is 0.179. The van der Waals surface area contributed by atoms with Crippen LogP contribution in [0.25, 0.3) is 6.08 Å². The number of nitrogens with one attached hydrogen (secondary N) is 1. The lowest BCUT2D eigenvalue weighted by Crippen LogP contribution is -2.36. The Hall–Kier alpha value is -4.16. The SMILES string of the molecule is COc1ccc(C(F)(F)F)cc1NC(=O)CN1C(=O)S/C(=C\c2cc(Cl)c(OCc3ccccc3)c(OC)c2)C1=O. The van der Waals surface area contributed by atoms with Crippen molar-refractivity contribution in [2.45, 2.75) is 12.8 Å². The summed E-state index contributed by atoms with van der Waals surface area (Å²) in [6, 6.07) is 15.1. The molecule has 4 rings (SSSR count). The van der Waals surface area contributed by atoms with Crippen LogP contribution in [0, 0.1) is 0 Å². The molecule has 1 N–H and O–H groups in total. The molecular formula is C28H22ClF3N2O6S. The summed E-state index contributed by atoms with van der Waals surface area (Å²) in [5.74, 6) is -1.08. The Morgan fingerprint density at radius 3 is 2.39 bits per heavy atom. The zero-order valence-corrected chi connectivity index (χ0v) is 23.2. The van der Waals surface area contributed by atoms with Crippen LogP contribution in [-0.2, 0) is 22.4 Å². The first-order chi connectivity index (χ1) is 19.5. The van der Waals surface area contributed by atoms with Crippen molar-refractivity contribution in [3.63, 3.8) is 0 Å². The van der Waals surface area contributed by atoms with E-state index < -0.39 is 35.3 Å². The van der Waals surface area contributed by atoms with E-state index in [2.05, 4.69) is 5.32 Å². The van der Waals surface area contributed by atoms with Crippen LogP contribution in [0.2, 0.25) is 5.02 Å². The number of amides is 3. The summed E-state index contributed by atoms with van der Waals surface area (Å²) in [7, 11) is 2.65. The van der Waals surface area contributed by atoms with Gasteiger partial charge in [0.25, 0.3) is 11.1 Å². The molecule has 8 nitrogen and oxygen atoms in total. The van der Waals surface area contributed by atoms with Crippen molar-refractivity contribution in [1.29, 1.82) is 0 Å². The van der Waals surface area contributed by atoms with Gasteiger partial charge in [-0.05, 0) is 59.3 Å². The Morgan fingerprint density at radius 1 is 1.02 bits per heavy atom. The van der Waals surface area contributed by atoms with Gasteiger partial charge in [0.1, 0.15) is 18.9 Å². The molecule has 41 heavy (non-hydrogen) atoms. The lowest BCUT2D eigenvalue weighted by Gasteiger charge is -2.16. The number of anilines is 1. The second kappa shape index (κ2) is 12.6. The third-order valence-corrected chi connectivity index (χ3v) is 6.94. The average Bonchev–Trinajstić information content (AvgIpc) is 3.19. The van der Waals surface area contributed by atoms with Crippen molar-refractivity contribution in [2.75, 3.05) is 26.1 Å². The number of imide groups is 1. The van der Waals surface area contributed by atoms with Crippen molar-refractivity contribution >= 4 is 52.2 Å². The smallest absolute Gasteiger partial charge is 0.416 e. The molecule has 1 aliphatic rings. The monoisotopic (exact) mass is 606 g/mol. The van der Waals surface area contributed by atoms with Gasteiger partial charge in [0, 0.05) is 0 Å². The van der Waals surface area contributed by atoms with Gasteiger partial charge in [-0.15, -0.1) is 0 Å². The first-order valence-corrected chi connectivity index (χ1v) is 13.0. The van der Waals surface area contributed by atoms with Crippen LogP contribution >= 0.6 is 23.4 Å². The summed E-state index contributed by atoms with van der Waals surface area (Å²) in [5.41, 5.74) is 0.0842. The van der Waals surface area contributed by atoms with Gasteiger partial charge in [-0.2, -0.15) is 13.2 Å². The summed E-state index contributed by atoms with van der Waals surface area (Å²) in [5, 5.41) is 1.75. The number of hydrogen-bond acceptors (Lipinski definition) is 7. The van der Waals surface area contributed by atoms with Gasteiger partial charge in [0.05, 0.1) is 35.4 Å². The summed E-state index contributed by atoms with van der Waals surface area (Å²) in [6.45, 7) is -0.485. The van der Waals surface area contributed by atoms with Crippen LogP contribution in [0.3, 0.4) is 0 Å². The Bertz CT molecular complexity index is 1510. The maximum absolute atomic E-state index is 13.1. The minimum absolute atomic E-state index is 0.00974. The molecular weight excluding hydrogens is 585 g/mol. The summed E-state index contributed by atoms with van der Waals surface area (Å²) in [6.07, 6.45) is -3.24. The van der Waals surface area contributed by atoms with E-state index in [4.69, 9.17) is 25.8 Å². The van der Waals surface area contributed by atoms with E-state index in [9.17, 15) is 27.6 Å². The lowest BCUT2D eigenvalue weighted by molar-refractivity contribution is -0.137. The highest BCUT2D eigenvalue weighted by Crippen LogP contribution is 2.40. The number of hydrogen-bond donors (Lipinski definition) is 1. The molecule has 0 bridgehead atoms. The van der Waals surface area contributed by atoms with Crippen LogP contribution in [0.1, 0.15) is 16.7 Å². The predicted octanol–water partition coefficient (Wildman–Crippen LogP) is 6.63. The van der Waals surface area contributed by atoms with Gasteiger partial charge in [-0.1, -0.05) is 41.9 Å².